The first-order chi connectivity index (χ1) is 13.9. The monoisotopic (exact) mass is 423 g/mol. The largest absolute Gasteiger partial charge is 0.245 e. The lowest BCUT2D eigenvalue weighted by molar-refractivity contribution is 0.537. The number of benzene rings is 3. The van der Waals surface area contributed by atoms with Gasteiger partial charge in [0.1, 0.15) is 0 Å². The number of hydrogen-bond acceptors (Lipinski definition) is 2. The summed E-state index contributed by atoms with van der Waals surface area (Å²) in [7, 11) is -3.01. The number of nitrogens with zero attached hydrogens (tertiary/aromatic N) is 1. The highest BCUT2D eigenvalue weighted by Crippen LogP contribution is 2.37. The zero-order valence-corrected chi connectivity index (χ0v) is 19.4. The normalized spacial score (nSPS) is 14.6. The summed E-state index contributed by atoms with van der Waals surface area (Å²) in [5, 5.41) is 2.68. The predicted octanol–water partition coefficient (Wildman–Crippen LogP) is 5.61. The molecule has 0 aliphatic carbocycles. The summed E-state index contributed by atoms with van der Waals surface area (Å²) in [6, 6.07) is 29.3. The predicted molar refractivity (Wildman–Crippen MR) is 129 cm³/mol. The van der Waals surface area contributed by atoms with Crippen molar-refractivity contribution in [1.29, 1.82) is 0 Å². The van der Waals surface area contributed by atoms with Crippen molar-refractivity contribution in [3.8, 4) is 0 Å². The van der Waals surface area contributed by atoms with E-state index in [1.807, 2.05) is 31.2 Å². The minimum atomic E-state index is -2.45. The van der Waals surface area contributed by atoms with Gasteiger partial charge in [-0.2, -0.15) is 0 Å². The molecule has 0 radical (unpaired) electrons. The van der Waals surface area contributed by atoms with Crippen LogP contribution in [0.4, 0.5) is 0 Å². The lowest BCUT2D eigenvalue weighted by Gasteiger charge is -2.25. The molecular weight excluding hydrogens is 393 g/mol. The highest BCUT2D eigenvalue weighted by molar-refractivity contribution is 7.93. The second-order valence-corrected chi connectivity index (χ2v) is 12.4. The van der Waals surface area contributed by atoms with Crippen molar-refractivity contribution in [1.82, 2.24) is 0 Å². The lowest BCUT2D eigenvalue weighted by atomic mass is 10.1. The summed E-state index contributed by atoms with van der Waals surface area (Å²) < 4.78 is 18.5. The van der Waals surface area contributed by atoms with E-state index in [9.17, 15) is 4.21 Å². The van der Waals surface area contributed by atoms with Gasteiger partial charge in [0.25, 0.3) is 0 Å². The Morgan fingerprint density at radius 3 is 1.76 bits per heavy atom. The van der Waals surface area contributed by atoms with Crippen LogP contribution >= 0.6 is 7.92 Å². The van der Waals surface area contributed by atoms with Gasteiger partial charge < -0.3 is 0 Å². The van der Waals surface area contributed by atoms with Gasteiger partial charge in [-0.15, -0.1) is 0 Å². The Balaban J connectivity index is 1.99. The first-order valence-electron chi connectivity index (χ1n) is 10.0. The number of rotatable bonds is 7. The molecule has 29 heavy (non-hydrogen) atoms. The summed E-state index contributed by atoms with van der Waals surface area (Å²) in [5.41, 5.74) is 1.17. The molecule has 0 bridgehead atoms. The quantitative estimate of drug-likeness (QED) is 0.454. The SMILES string of the molecule is Cc1ccc([S@](C)(=O)=N[C@H](CP(c2ccccc2)c2ccccc2)C(C)C)cc1. The fourth-order valence-electron chi connectivity index (χ4n) is 3.24. The molecule has 0 unspecified atom stereocenters. The van der Waals surface area contributed by atoms with E-state index in [-0.39, 0.29) is 6.04 Å². The molecule has 0 saturated heterocycles. The van der Waals surface area contributed by atoms with E-state index in [0.29, 0.717) is 5.92 Å². The second-order valence-electron chi connectivity index (χ2n) is 7.81. The summed E-state index contributed by atoms with van der Waals surface area (Å²) in [6.45, 7) is 6.41. The van der Waals surface area contributed by atoms with E-state index in [0.717, 1.165) is 11.1 Å². The second kappa shape index (κ2) is 9.69. The Kier molecular flexibility index (Phi) is 7.27. The van der Waals surface area contributed by atoms with Gasteiger partial charge in [0, 0.05) is 11.2 Å². The molecule has 0 aliphatic heterocycles. The van der Waals surface area contributed by atoms with Gasteiger partial charge in [0.15, 0.2) is 0 Å². The van der Waals surface area contributed by atoms with Crippen LogP contribution in [-0.4, -0.2) is 22.7 Å². The van der Waals surface area contributed by atoms with Crippen molar-refractivity contribution in [2.24, 2.45) is 10.3 Å². The molecule has 152 valence electrons. The maximum atomic E-state index is 13.5. The van der Waals surface area contributed by atoms with Crippen molar-refractivity contribution in [3.05, 3.63) is 90.5 Å². The van der Waals surface area contributed by atoms with E-state index >= 15 is 0 Å². The summed E-state index contributed by atoms with van der Waals surface area (Å²) >= 11 is 0. The first-order valence-corrected chi connectivity index (χ1v) is 13.5. The molecule has 0 spiro atoms. The van der Waals surface area contributed by atoms with Gasteiger partial charge in [0.2, 0.25) is 0 Å². The van der Waals surface area contributed by atoms with Gasteiger partial charge in [-0.1, -0.05) is 92.2 Å². The molecule has 0 aromatic heterocycles. The average Bonchev–Trinajstić information content (AvgIpc) is 2.72. The zero-order valence-electron chi connectivity index (χ0n) is 17.7. The van der Waals surface area contributed by atoms with Gasteiger partial charge >= 0.3 is 0 Å². The van der Waals surface area contributed by atoms with Gasteiger partial charge in [-0.25, -0.2) is 8.57 Å². The van der Waals surface area contributed by atoms with E-state index in [2.05, 4.69) is 74.5 Å². The van der Waals surface area contributed by atoms with Crippen molar-refractivity contribution < 1.29 is 4.21 Å². The topological polar surface area (TPSA) is 29.4 Å². The van der Waals surface area contributed by atoms with Crippen molar-refractivity contribution in [3.63, 3.8) is 0 Å². The molecule has 4 heteroatoms. The smallest absolute Gasteiger partial charge is 0.0725 e. The van der Waals surface area contributed by atoms with Gasteiger partial charge in [-0.05, 0) is 49.7 Å². The molecule has 0 aliphatic rings. The maximum absolute atomic E-state index is 13.5. The molecule has 3 aromatic rings. The van der Waals surface area contributed by atoms with Crippen molar-refractivity contribution >= 4 is 28.3 Å². The molecule has 0 saturated carbocycles. The average molecular weight is 424 g/mol. The van der Waals surface area contributed by atoms with Crippen LogP contribution in [0.5, 0.6) is 0 Å². The molecule has 2 nitrogen and oxygen atoms in total. The van der Waals surface area contributed by atoms with Crippen LogP contribution in [0, 0.1) is 12.8 Å². The Morgan fingerprint density at radius 2 is 1.31 bits per heavy atom. The molecule has 0 heterocycles. The van der Waals surface area contributed by atoms with E-state index in [4.69, 9.17) is 4.36 Å². The standard InChI is InChI=1S/C25H30NOPS/c1-20(2)25(26-29(4,27)24-17-15-21(3)16-18-24)19-28(22-11-7-5-8-12-22)23-13-9-6-10-14-23/h5-18,20,25H,19H2,1-4H3/t25-,29+/m1/s1. The van der Waals surface area contributed by atoms with Crippen LogP contribution in [0.2, 0.25) is 0 Å². The van der Waals surface area contributed by atoms with Gasteiger partial charge in [0.05, 0.1) is 15.8 Å². The van der Waals surface area contributed by atoms with Crippen LogP contribution in [0.15, 0.2) is 94.2 Å². The summed E-state index contributed by atoms with van der Waals surface area (Å²) in [6.07, 6.45) is 2.68. The Labute approximate surface area is 177 Å². The zero-order chi connectivity index (χ0) is 20.9. The highest BCUT2D eigenvalue weighted by Gasteiger charge is 2.23. The number of aryl methyl sites for hydroxylation is 1. The highest BCUT2D eigenvalue weighted by atomic mass is 32.2. The molecule has 3 aromatic carbocycles. The molecule has 2 atom stereocenters. The fourth-order valence-corrected chi connectivity index (χ4v) is 7.61. The molecule has 3 rings (SSSR count). The van der Waals surface area contributed by atoms with Crippen LogP contribution in [0.1, 0.15) is 19.4 Å². The minimum absolute atomic E-state index is 0.0281. The third-order valence-electron chi connectivity index (χ3n) is 5.07. The first kappa shape index (κ1) is 21.7. The van der Waals surface area contributed by atoms with Crippen LogP contribution in [0.3, 0.4) is 0 Å². The molecule has 0 amide bonds. The van der Waals surface area contributed by atoms with Crippen LogP contribution < -0.4 is 10.6 Å². The molecule has 0 fully saturated rings. The van der Waals surface area contributed by atoms with E-state index in [1.165, 1.54) is 16.2 Å². The third-order valence-corrected chi connectivity index (χ3v) is 9.47. The summed E-state index contributed by atoms with van der Waals surface area (Å²) in [4.78, 5) is 0.817. The van der Waals surface area contributed by atoms with Crippen LogP contribution in [0.25, 0.3) is 0 Å². The fraction of sp³-hybridized carbons (Fsp3) is 0.280. The Morgan fingerprint density at radius 1 is 0.828 bits per heavy atom. The van der Waals surface area contributed by atoms with E-state index < -0.39 is 17.7 Å². The summed E-state index contributed by atoms with van der Waals surface area (Å²) in [5.74, 6) is 0.318. The minimum Gasteiger partial charge on any atom is -0.245 e. The Hall–Kier alpha value is -1.96. The third kappa shape index (κ3) is 5.78. The van der Waals surface area contributed by atoms with Crippen molar-refractivity contribution in [2.45, 2.75) is 31.7 Å². The lowest BCUT2D eigenvalue weighted by Crippen LogP contribution is -2.25. The molecule has 0 N–H and O–H groups in total. The number of hydrogen-bond donors (Lipinski definition) is 0. The maximum Gasteiger partial charge on any atom is 0.0725 e. The van der Waals surface area contributed by atoms with E-state index in [1.54, 1.807) is 6.26 Å². The van der Waals surface area contributed by atoms with Crippen molar-refractivity contribution in [2.75, 3.05) is 12.4 Å². The van der Waals surface area contributed by atoms with Crippen LogP contribution in [-0.2, 0) is 9.73 Å². The van der Waals surface area contributed by atoms with Gasteiger partial charge in [-0.3, -0.25) is 0 Å². The Bertz CT molecular complexity index is 984. The molecular formula is C25H30NOPS.